The first-order valence-electron chi connectivity index (χ1n) is 7.93. The van der Waals surface area contributed by atoms with Crippen LogP contribution in [-0.2, 0) is 9.53 Å². The van der Waals surface area contributed by atoms with Crippen molar-refractivity contribution >= 4 is 17.7 Å². The van der Waals surface area contributed by atoms with Crippen LogP contribution in [-0.4, -0.2) is 58.7 Å². The first kappa shape index (κ1) is 15.2. The highest BCUT2D eigenvalue weighted by atomic mass is 32.2. The van der Waals surface area contributed by atoms with Crippen LogP contribution in [0, 0.1) is 11.7 Å². The number of ether oxygens (including phenoxy) is 2. The van der Waals surface area contributed by atoms with Gasteiger partial charge >= 0.3 is 0 Å². The van der Waals surface area contributed by atoms with Gasteiger partial charge in [-0.1, -0.05) is 0 Å². The normalized spacial score (nSPS) is 28.8. The molecule has 0 aromatic carbocycles. The average molecular weight is 338 g/mol. The molecule has 5 nitrogen and oxygen atoms in total. The molecule has 23 heavy (non-hydrogen) atoms. The number of amides is 1. The maximum Gasteiger partial charge on any atom is 0.250 e. The molecule has 124 valence electrons. The minimum atomic E-state index is -0.426. The van der Waals surface area contributed by atoms with Gasteiger partial charge in [0, 0.05) is 38.1 Å². The van der Waals surface area contributed by atoms with Crippen LogP contribution in [0.5, 0.6) is 5.88 Å². The van der Waals surface area contributed by atoms with Crippen molar-refractivity contribution in [3.8, 4) is 5.88 Å². The molecule has 3 saturated heterocycles. The van der Waals surface area contributed by atoms with Gasteiger partial charge in [-0.15, -0.1) is 11.8 Å². The molecule has 3 aliphatic heterocycles. The van der Waals surface area contributed by atoms with E-state index in [9.17, 15) is 9.18 Å². The summed E-state index contributed by atoms with van der Waals surface area (Å²) in [6, 6.07) is 2.91. The Morgan fingerprint density at radius 2 is 2.39 bits per heavy atom. The van der Waals surface area contributed by atoms with Crippen LogP contribution >= 0.6 is 11.8 Å². The van der Waals surface area contributed by atoms with E-state index in [-0.39, 0.29) is 28.6 Å². The van der Waals surface area contributed by atoms with Gasteiger partial charge in [-0.3, -0.25) is 4.79 Å². The molecule has 1 spiro atoms. The zero-order valence-electron chi connectivity index (χ0n) is 12.7. The third-order valence-corrected chi connectivity index (χ3v) is 6.30. The average Bonchev–Trinajstić information content (AvgIpc) is 3.17. The van der Waals surface area contributed by atoms with Crippen molar-refractivity contribution in [2.75, 3.05) is 32.1 Å². The Balaban J connectivity index is 1.31. The van der Waals surface area contributed by atoms with Crippen LogP contribution in [0.4, 0.5) is 4.39 Å². The molecule has 1 amide bonds. The molecule has 0 N–H and O–H groups in total. The zero-order chi connectivity index (χ0) is 15.9. The van der Waals surface area contributed by atoms with Gasteiger partial charge in [-0.25, -0.2) is 9.37 Å². The third-order valence-electron chi connectivity index (χ3n) is 4.73. The summed E-state index contributed by atoms with van der Waals surface area (Å²) in [5, 5.41) is 0. The molecule has 0 unspecified atom stereocenters. The number of likely N-dealkylation sites (tertiary alicyclic amines) is 1. The lowest BCUT2D eigenvalue weighted by Crippen LogP contribution is -2.62. The molecule has 0 saturated carbocycles. The summed E-state index contributed by atoms with van der Waals surface area (Å²) in [6.45, 7) is 2.77. The van der Waals surface area contributed by atoms with Crippen molar-refractivity contribution in [1.82, 2.24) is 9.88 Å². The van der Waals surface area contributed by atoms with Gasteiger partial charge in [0.1, 0.15) is 6.10 Å². The molecule has 0 bridgehead atoms. The summed E-state index contributed by atoms with van der Waals surface area (Å²) < 4.78 is 24.7. The largest absolute Gasteiger partial charge is 0.471 e. The van der Waals surface area contributed by atoms with Crippen LogP contribution in [0.25, 0.3) is 0 Å². The minimum Gasteiger partial charge on any atom is -0.471 e. The number of halogens is 1. The van der Waals surface area contributed by atoms with E-state index in [2.05, 4.69) is 4.98 Å². The van der Waals surface area contributed by atoms with Crippen molar-refractivity contribution in [3.05, 3.63) is 24.1 Å². The number of thioether (sulfide) groups is 1. The topological polar surface area (TPSA) is 51.7 Å². The summed E-state index contributed by atoms with van der Waals surface area (Å²) in [5.41, 5.74) is 0. The molecular formula is C16H19FN2O3S. The Labute approximate surface area is 138 Å². The number of rotatable bonds is 3. The van der Waals surface area contributed by atoms with Gasteiger partial charge in [0.05, 0.1) is 17.3 Å². The SMILES string of the molecule is O=C([C@@H]1CCOC1)N1CC2(C[C@H](Oc3ncccc3F)CS2)C1. The fourth-order valence-electron chi connectivity index (χ4n) is 3.51. The zero-order valence-corrected chi connectivity index (χ0v) is 13.6. The Hall–Kier alpha value is -1.34. The number of carbonyl (C=O) groups is 1. The van der Waals surface area contributed by atoms with Gasteiger partial charge in [0.15, 0.2) is 5.82 Å². The number of aromatic nitrogens is 1. The van der Waals surface area contributed by atoms with E-state index < -0.39 is 5.82 Å². The quantitative estimate of drug-likeness (QED) is 0.840. The van der Waals surface area contributed by atoms with E-state index in [1.165, 1.54) is 12.3 Å². The second-order valence-corrected chi connectivity index (χ2v) is 7.97. The van der Waals surface area contributed by atoms with Crippen molar-refractivity contribution in [2.45, 2.75) is 23.7 Å². The predicted molar refractivity (Wildman–Crippen MR) is 83.9 cm³/mol. The molecule has 4 heterocycles. The summed E-state index contributed by atoms with van der Waals surface area (Å²) in [4.78, 5) is 18.2. The van der Waals surface area contributed by atoms with E-state index in [1.54, 1.807) is 6.07 Å². The van der Waals surface area contributed by atoms with E-state index in [0.29, 0.717) is 13.2 Å². The number of hydrogen-bond donors (Lipinski definition) is 0. The lowest BCUT2D eigenvalue weighted by molar-refractivity contribution is -0.141. The molecule has 3 aliphatic rings. The van der Waals surface area contributed by atoms with Gasteiger partial charge in [-0.2, -0.15) is 0 Å². The van der Waals surface area contributed by atoms with Gasteiger partial charge < -0.3 is 14.4 Å². The van der Waals surface area contributed by atoms with Gasteiger partial charge in [-0.05, 0) is 18.6 Å². The number of carbonyl (C=O) groups excluding carboxylic acids is 1. The molecule has 1 aromatic heterocycles. The molecule has 2 atom stereocenters. The molecule has 4 rings (SSSR count). The van der Waals surface area contributed by atoms with Crippen LogP contribution < -0.4 is 4.74 Å². The van der Waals surface area contributed by atoms with Crippen molar-refractivity contribution < 1.29 is 18.7 Å². The maximum absolute atomic E-state index is 13.6. The second-order valence-electron chi connectivity index (χ2n) is 6.48. The predicted octanol–water partition coefficient (Wildman–Crippen LogP) is 1.72. The second kappa shape index (κ2) is 5.94. The highest BCUT2D eigenvalue weighted by Gasteiger charge is 2.52. The fraction of sp³-hybridized carbons (Fsp3) is 0.625. The van der Waals surface area contributed by atoms with Crippen LogP contribution in [0.1, 0.15) is 12.8 Å². The Morgan fingerprint density at radius 1 is 1.52 bits per heavy atom. The first-order chi connectivity index (χ1) is 11.2. The van der Waals surface area contributed by atoms with Crippen molar-refractivity contribution in [1.29, 1.82) is 0 Å². The van der Waals surface area contributed by atoms with Crippen molar-refractivity contribution in [3.63, 3.8) is 0 Å². The van der Waals surface area contributed by atoms with Crippen molar-refractivity contribution in [2.24, 2.45) is 5.92 Å². The highest BCUT2D eigenvalue weighted by Crippen LogP contribution is 2.46. The summed E-state index contributed by atoms with van der Waals surface area (Å²) in [6.07, 6.45) is 3.15. The fourth-order valence-corrected chi connectivity index (χ4v) is 5.03. The minimum absolute atomic E-state index is 0.0356. The summed E-state index contributed by atoms with van der Waals surface area (Å²) >= 11 is 1.83. The van der Waals surface area contributed by atoms with Crippen LogP contribution in [0.15, 0.2) is 18.3 Å². The lowest BCUT2D eigenvalue weighted by atomic mass is 9.91. The molecule has 1 aromatic rings. The molecule has 7 heteroatoms. The standard InChI is InChI=1S/C16H19FN2O3S/c17-13-2-1-4-18-14(13)22-12-6-16(23-8-12)9-19(10-16)15(20)11-3-5-21-7-11/h1-2,4,11-12H,3,5-10H2/t11-,12+/m1/s1. The summed E-state index contributed by atoms with van der Waals surface area (Å²) in [5.74, 6) is 0.711. The van der Waals surface area contributed by atoms with Gasteiger partial charge in [0.25, 0.3) is 5.88 Å². The van der Waals surface area contributed by atoms with E-state index in [0.717, 1.165) is 31.7 Å². The highest BCUT2D eigenvalue weighted by molar-refractivity contribution is 8.01. The summed E-state index contributed by atoms with van der Waals surface area (Å²) in [7, 11) is 0. The van der Waals surface area contributed by atoms with E-state index in [1.807, 2.05) is 16.7 Å². The Morgan fingerprint density at radius 3 is 3.13 bits per heavy atom. The van der Waals surface area contributed by atoms with Crippen LogP contribution in [0.2, 0.25) is 0 Å². The molecule has 0 aliphatic carbocycles. The maximum atomic E-state index is 13.6. The van der Waals surface area contributed by atoms with E-state index in [4.69, 9.17) is 9.47 Å². The molecular weight excluding hydrogens is 319 g/mol. The Bertz CT molecular complexity index is 603. The van der Waals surface area contributed by atoms with E-state index >= 15 is 0 Å². The monoisotopic (exact) mass is 338 g/mol. The number of nitrogens with zero attached hydrogens (tertiary/aromatic N) is 2. The smallest absolute Gasteiger partial charge is 0.250 e. The third kappa shape index (κ3) is 2.92. The first-order valence-corrected chi connectivity index (χ1v) is 8.91. The molecule has 0 radical (unpaired) electrons. The van der Waals surface area contributed by atoms with Gasteiger partial charge in [0.2, 0.25) is 5.91 Å². The lowest BCUT2D eigenvalue weighted by Gasteiger charge is -2.48. The molecule has 3 fully saturated rings. The Kier molecular flexibility index (Phi) is 3.93. The van der Waals surface area contributed by atoms with Crippen LogP contribution in [0.3, 0.4) is 0 Å². The number of hydrogen-bond acceptors (Lipinski definition) is 5. The number of pyridine rings is 1.